The molecule has 0 atom stereocenters. The van der Waals surface area contributed by atoms with Crippen molar-refractivity contribution < 1.29 is 9.59 Å². The number of aromatic nitrogens is 3. The van der Waals surface area contributed by atoms with Gasteiger partial charge in [-0.1, -0.05) is 30.0 Å². The Morgan fingerprint density at radius 1 is 1.18 bits per heavy atom. The van der Waals surface area contributed by atoms with E-state index in [0.717, 1.165) is 9.35 Å². The number of carbonyl (C=O) groups excluding carboxylic acids is 2. The highest BCUT2D eigenvalue weighted by Gasteiger charge is 2.10. The standard InChI is InChI=1S/C18H16BrN5O2S2/c19-13-5-1-2-6-14(13)21-16(25)10-20-17(26)11-28-18-22-15(23-24-18)8-7-12-4-3-9-27-12/h1-9H,10-11H2,(H,20,26)(H,21,25)(H,22,23,24)/b8-7+. The zero-order chi connectivity index (χ0) is 19.8. The number of amides is 2. The van der Waals surface area contributed by atoms with Gasteiger partial charge in [0.25, 0.3) is 0 Å². The van der Waals surface area contributed by atoms with Crippen molar-refractivity contribution in [2.75, 3.05) is 17.6 Å². The summed E-state index contributed by atoms with van der Waals surface area (Å²) in [6.07, 6.45) is 3.77. The first-order valence-corrected chi connectivity index (χ1v) is 10.8. The van der Waals surface area contributed by atoms with E-state index in [4.69, 9.17) is 0 Å². The number of halogens is 1. The van der Waals surface area contributed by atoms with Crippen molar-refractivity contribution in [2.45, 2.75) is 5.16 Å². The number of H-pyrrole nitrogens is 1. The van der Waals surface area contributed by atoms with Gasteiger partial charge in [0.05, 0.1) is 18.0 Å². The van der Waals surface area contributed by atoms with Gasteiger partial charge < -0.3 is 10.6 Å². The van der Waals surface area contributed by atoms with Gasteiger partial charge >= 0.3 is 0 Å². The van der Waals surface area contributed by atoms with Crippen LogP contribution in [-0.2, 0) is 9.59 Å². The van der Waals surface area contributed by atoms with Gasteiger partial charge in [-0.3, -0.25) is 14.7 Å². The number of aromatic amines is 1. The Morgan fingerprint density at radius 2 is 2.04 bits per heavy atom. The number of hydrogen-bond acceptors (Lipinski definition) is 6. The van der Waals surface area contributed by atoms with Crippen LogP contribution >= 0.6 is 39.0 Å². The molecule has 0 aliphatic heterocycles. The molecule has 144 valence electrons. The summed E-state index contributed by atoms with van der Waals surface area (Å²) in [7, 11) is 0. The molecule has 3 aromatic rings. The number of para-hydroxylation sites is 1. The molecule has 1 aromatic carbocycles. The van der Waals surface area contributed by atoms with Gasteiger partial charge in [-0.2, -0.15) is 0 Å². The molecule has 0 saturated carbocycles. The molecular formula is C18H16BrN5O2S2. The van der Waals surface area contributed by atoms with Gasteiger partial charge in [-0.25, -0.2) is 4.98 Å². The van der Waals surface area contributed by atoms with E-state index in [0.29, 0.717) is 16.7 Å². The molecular weight excluding hydrogens is 462 g/mol. The van der Waals surface area contributed by atoms with Crippen molar-refractivity contribution in [3.8, 4) is 0 Å². The number of nitrogens with zero attached hydrogens (tertiary/aromatic N) is 2. The molecule has 10 heteroatoms. The van der Waals surface area contributed by atoms with E-state index in [1.165, 1.54) is 11.8 Å². The van der Waals surface area contributed by atoms with Crippen LogP contribution in [0.15, 0.2) is 51.4 Å². The number of thioether (sulfide) groups is 1. The highest BCUT2D eigenvalue weighted by Crippen LogP contribution is 2.20. The minimum atomic E-state index is -0.302. The minimum absolute atomic E-state index is 0.108. The SMILES string of the molecule is O=C(CSc1n[nH]c(/C=C/c2cccs2)n1)NCC(=O)Nc1ccccc1Br. The number of rotatable bonds is 8. The van der Waals surface area contributed by atoms with Crippen LogP contribution in [-0.4, -0.2) is 39.3 Å². The van der Waals surface area contributed by atoms with E-state index in [-0.39, 0.29) is 24.1 Å². The van der Waals surface area contributed by atoms with Crippen LogP contribution in [0.5, 0.6) is 0 Å². The van der Waals surface area contributed by atoms with E-state index >= 15 is 0 Å². The normalized spacial score (nSPS) is 10.9. The van der Waals surface area contributed by atoms with Crippen LogP contribution in [0.25, 0.3) is 12.2 Å². The predicted molar refractivity (Wildman–Crippen MR) is 116 cm³/mol. The molecule has 2 amide bonds. The first-order valence-electron chi connectivity index (χ1n) is 8.18. The molecule has 0 saturated heterocycles. The Labute approximate surface area is 178 Å². The Balaban J connectivity index is 1.39. The van der Waals surface area contributed by atoms with E-state index < -0.39 is 0 Å². The van der Waals surface area contributed by atoms with Gasteiger partial charge in [-0.05, 0) is 51.7 Å². The number of anilines is 1. The van der Waals surface area contributed by atoms with Crippen molar-refractivity contribution in [1.82, 2.24) is 20.5 Å². The molecule has 0 bridgehead atoms. The Bertz CT molecular complexity index is 972. The highest BCUT2D eigenvalue weighted by atomic mass is 79.9. The predicted octanol–water partition coefficient (Wildman–Crippen LogP) is 3.65. The van der Waals surface area contributed by atoms with Crippen molar-refractivity contribution in [1.29, 1.82) is 0 Å². The van der Waals surface area contributed by atoms with E-state index in [9.17, 15) is 9.59 Å². The molecule has 7 nitrogen and oxygen atoms in total. The van der Waals surface area contributed by atoms with Crippen molar-refractivity contribution >= 4 is 68.7 Å². The lowest BCUT2D eigenvalue weighted by molar-refractivity contribution is -0.122. The second-order valence-corrected chi connectivity index (χ2v) is 8.22. The fraction of sp³-hybridized carbons (Fsp3) is 0.111. The van der Waals surface area contributed by atoms with Crippen LogP contribution in [0.1, 0.15) is 10.7 Å². The minimum Gasteiger partial charge on any atom is -0.346 e. The largest absolute Gasteiger partial charge is 0.346 e. The van der Waals surface area contributed by atoms with Gasteiger partial charge in [0.1, 0.15) is 5.82 Å². The fourth-order valence-corrected chi connectivity index (χ4v) is 3.70. The first-order chi connectivity index (χ1) is 13.6. The summed E-state index contributed by atoms with van der Waals surface area (Å²) >= 11 is 6.18. The van der Waals surface area contributed by atoms with Gasteiger partial charge in [0, 0.05) is 9.35 Å². The van der Waals surface area contributed by atoms with E-state index in [1.54, 1.807) is 17.4 Å². The molecule has 0 radical (unpaired) electrons. The lowest BCUT2D eigenvalue weighted by Gasteiger charge is -2.08. The molecule has 0 aliphatic carbocycles. The van der Waals surface area contributed by atoms with Gasteiger partial charge in [0.15, 0.2) is 0 Å². The topological polar surface area (TPSA) is 99.8 Å². The maximum absolute atomic E-state index is 11.9. The summed E-state index contributed by atoms with van der Waals surface area (Å²) in [5.74, 6) is 0.162. The fourth-order valence-electron chi connectivity index (χ4n) is 2.06. The third kappa shape index (κ3) is 6.32. The summed E-state index contributed by atoms with van der Waals surface area (Å²) in [6.45, 7) is -0.108. The molecule has 28 heavy (non-hydrogen) atoms. The summed E-state index contributed by atoms with van der Waals surface area (Å²) in [5.41, 5.74) is 0.653. The maximum atomic E-state index is 11.9. The second-order valence-electron chi connectivity index (χ2n) is 5.45. The Morgan fingerprint density at radius 3 is 2.82 bits per heavy atom. The van der Waals surface area contributed by atoms with Crippen LogP contribution in [0.4, 0.5) is 5.69 Å². The zero-order valence-electron chi connectivity index (χ0n) is 14.5. The van der Waals surface area contributed by atoms with Gasteiger partial charge in [0.2, 0.25) is 17.0 Å². The molecule has 0 aliphatic rings. The summed E-state index contributed by atoms with van der Waals surface area (Å²) in [6, 6.07) is 11.2. The number of nitrogens with one attached hydrogen (secondary N) is 3. The Kier molecular flexibility index (Phi) is 7.40. The van der Waals surface area contributed by atoms with Crippen molar-refractivity contribution in [2.24, 2.45) is 0 Å². The summed E-state index contributed by atoms with van der Waals surface area (Å²) in [5, 5.41) is 14.6. The first kappa shape index (κ1) is 20.3. The number of carbonyl (C=O) groups is 2. The lowest BCUT2D eigenvalue weighted by atomic mass is 10.3. The number of thiophene rings is 1. The van der Waals surface area contributed by atoms with Crippen molar-refractivity contribution in [3.05, 3.63) is 57.0 Å². The monoisotopic (exact) mass is 477 g/mol. The quantitative estimate of drug-likeness (QED) is 0.430. The van der Waals surface area contributed by atoms with Crippen LogP contribution in [0, 0.1) is 0 Å². The molecule has 2 aromatic heterocycles. The maximum Gasteiger partial charge on any atom is 0.243 e. The summed E-state index contributed by atoms with van der Waals surface area (Å²) in [4.78, 5) is 29.3. The van der Waals surface area contributed by atoms with Crippen LogP contribution in [0.2, 0.25) is 0 Å². The van der Waals surface area contributed by atoms with Gasteiger partial charge in [-0.15, -0.1) is 16.4 Å². The number of benzene rings is 1. The molecule has 3 rings (SSSR count). The lowest BCUT2D eigenvalue weighted by Crippen LogP contribution is -2.33. The molecule has 3 N–H and O–H groups in total. The van der Waals surface area contributed by atoms with Crippen LogP contribution < -0.4 is 10.6 Å². The van der Waals surface area contributed by atoms with E-state index in [1.807, 2.05) is 47.9 Å². The van der Waals surface area contributed by atoms with E-state index in [2.05, 4.69) is 41.7 Å². The Hall–Kier alpha value is -2.43. The third-order valence-electron chi connectivity index (χ3n) is 3.36. The smallest absolute Gasteiger partial charge is 0.243 e. The van der Waals surface area contributed by atoms with Crippen LogP contribution in [0.3, 0.4) is 0 Å². The average molecular weight is 478 g/mol. The van der Waals surface area contributed by atoms with Crippen molar-refractivity contribution in [3.63, 3.8) is 0 Å². The zero-order valence-corrected chi connectivity index (χ0v) is 17.7. The molecule has 0 spiro atoms. The number of hydrogen-bond donors (Lipinski definition) is 3. The summed E-state index contributed by atoms with van der Waals surface area (Å²) < 4.78 is 0.777. The molecule has 2 heterocycles. The second kappa shape index (κ2) is 10.2. The average Bonchev–Trinajstić information content (AvgIpc) is 3.36. The molecule has 0 unspecified atom stereocenters. The third-order valence-corrected chi connectivity index (χ3v) is 5.73. The molecule has 0 fully saturated rings. The highest BCUT2D eigenvalue weighted by molar-refractivity contribution is 9.10.